The van der Waals surface area contributed by atoms with E-state index in [0.29, 0.717) is 40.9 Å². The number of nitrogens with zero attached hydrogens (tertiary/aromatic N) is 1. The van der Waals surface area contributed by atoms with Crippen LogP contribution in [0.4, 0.5) is 10.2 Å². The Kier molecular flexibility index (Phi) is 5.96. The van der Waals surface area contributed by atoms with Crippen molar-refractivity contribution in [1.29, 1.82) is 0 Å². The number of piperidine rings is 1. The minimum atomic E-state index is -0.617. The van der Waals surface area contributed by atoms with Gasteiger partial charge >= 0.3 is 0 Å². The van der Waals surface area contributed by atoms with E-state index in [9.17, 15) is 9.18 Å². The fourth-order valence-electron chi connectivity index (χ4n) is 5.04. The summed E-state index contributed by atoms with van der Waals surface area (Å²) >= 11 is 0. The van der Waals surface area contributed by atoms with E-state index in [1.54, 1.807) is 12.1 Å². The SMILES string of the molecule is C[C@@H]1CC(Oc2ccc(-c3cc(-c4ccc5c(c4)CCNC5=O)c(N)nc3F)cc2)C[C@H](C)N1. The second kappa shape index (κ2) is 9.06. The van der Waals surface area contributed by atoms with Gasteiger partial charge in [-0.05, 0) is 74.1 Å². The molecule has 0 bridgehead atoms. The van der Waals surface area contributed by atoms with Crippen LogP contribution in [-0.2, 0) is 6.42 Å². The number of amides is 1. The van der Waals surface area contributed by atoms with E-state index in [2.05, 4.69) is 29.5 Å². The molecule has 2 aliphatic rings. The number of pyridine rings is 1. The average molecular weight is 461 g/mol. The number of anilines is 1. The Morgan fingerprint density at radius 1 is 0.971 bits per heavy atom. The highest BCUT2D eigenvalue weighted by atomic mass is 19.1. The summed E-state index contributed by atoms with van der Waals surface area (Å²) in [7, 11) is 0. The molecule has 0 spiro atoms. The zero-order valence-electron chi connectivity index (χ0n) is 19.4. The Labute approximate surface area is 198 Å². The topological polar surface area (TPSA) is 89.3 Å². The second-order valence-corrected chi connectivity index (χ2v) is 9.34. The van der Waals surface area contributed by atoms with E-state index in [0.717, 1.165) is 36.1 Å². The molecule has 3 aromatic rings. The zero-order valence-corrected chi connectivity index (χ0v) is 19.4. The number of ether oxygens (including phenoxy) is 1. The third-order valence-corrected chi connectivity index (χ3v) is 6.62. The maximum absolute atomic E-state index is 14.8. The number of fused-ring (bicyclic) bond motifs is 1. The van der Waals surface area contributed by atoms with Gasteiger partial charge in [-0.1, -0.05) is 24.3 Å². The summed E-state index contributed by atoms with van der Waals surface area (Å²) in [5, 5.41) is 6.36. The first-order valence-corrected chi connectivity index (χ1v) is 11.8. The van der Waals surface area contributed by atoms with Crippen molar-refractivity contribution in [3.05, 3.63) is 65.6 Å². The van der Waals surface area contributed by atoms with E-state index in [1.807, 2.05) is 36.4 Å². The lowest BCUT2D eigenvalue weighted by molar-refractivity contribution is 0.0946. The predicted molar refractivity (Wildman–Crippen MR) is 131 cm³/mol. The first-order chi connectivity index (χ1) is 16.4. The number of rotatable bonds is 4. The molecule has 1 aromatic heterocycles. The summed E-state index contributed by atoms with van der Waals surface area (Å²) in [6.07, 6.45) is 2.81. The summed E-state index contributed by atoms with van der Waals surface area (Å²) in [6.45, 7) is 4.93. The van der Waals surface area contributed by atoms with Crippen LogP contribution in [0.25, 0.3) is 22.3 Å². The van der Waals surface area contributed by atoms with E-state index in [1.165, 1.54) is 0 Å². The molecule has 2 aliphatic heterocycles. The molecule has 6 nitrogen and oxygen atoms in total. The average Bonchev–Trinajstić information content (AvgIpc) is 2.79. The molecular weight excluding hydrogens is 431 g/mol. The molecule has 1 unspecified atom stereocenters. The van der Waals surface area contributed by atoms with Gasteiger partial charge in [-0.25, -0.2) is 4.98 Å². The van der Waals surface area contributed by atoms with Crippen LogP contribution < -0.4 is 21.1 Å². The van der Waals surface area contributed by atoms with Gasteiger partial charge in [0.05, 0.1) is 0 Å². The van der Waals surface area contributed by atoms with Crippen molar-refractivity contribution in [2.45, 2.75) is 51.3 Å². The molecule has 34 heavy (non-hydrogen) atoms. The Hall–Kier alpha value is -3.45. The highest BCUT2D eigenvalue weighted by molar-refractivity contribution is 5.97. The summed E-state index contributed by atoms with van der Waals surface area (Å²) in [6, 6.07) is 15.6. The van der Waals surface area contributed by atoms with Gasteiger partial charge in [0.1, 0.15) is 17.7 Å². The zero-order chi connectivity index (χ0) is 23.8. The summed E-state index contributed by atoms with van der Waals surface area (Å²) < 4.78 is 21.0. The Morgan fingerprint density at radius 2 is 1.68 bits per heavy atom. The van der Waals surface area contributed by atoms with Gasteiger partial charge < -0.3 is 21.1 Å². The first-order valence-electron chi connectivity index (χ1n) is 11.8. The normalized spacial score (nSPS) is 22.1. The van der Waals surface area contributed by atoms with Gasteiger partial charge in [0, 0.05) is 35.3 Å². The van der Waals surface area contributed by atoms with Gasteiger partial charge in [0.2, 0.25) is 5.95 Å². The number of carbonyl (C=O) groups excluding carboxylic acids is 1. The van der Waals surface area contributed by atoms with Crippen molar-refractivity contribution in [2.75, 3.05) is 12.3 Å². The molecule has 7 heteroatoms. The monoisotopic (exact) mass is 460 g/mol. The third kappa shape index (κ3) is 4.48. The lowest BCUT2D eigenvalue weighted by Gasteiger charge is -2.33. The number of halogens is 1. The Balaban J connectivity index is 1.41. The van der Waals surface area contributed by atoms with Gasteiger partial charge in [-0.15, -0.1) is 0 Å². The van der Waals surface area contributed by atoms with Gasteiger partial charge in [-0.2, -0.15) is 4.39 Å². The van der Waals surface area contributed by atoms with Crippen molar-refractivity contribution in [2.24, 2.45) is 0 Å². The molecule has 0 radical (unpaired) electrons. The molecule has 5 rings (SSSR count). The van der Waals surface area contributed by atoms with E-state index in [-0.39, 0.29) is 17.8 Å². The smallest absolute Gasteiger partial charge is 0.251 e. The van der Waals surface area contributed by atoms with Crippen molar-refractivity contribution >= 4 is 11.7 Å². The molecule has 1 fully saturated rings. The number of hydrogen-bond acceptors (Lipinski definition) is 5. The van der Waals surface area contributed by atoms with Crippen LogP contribution in [0.3, 0.4) is 0 Å². The lowest BCUT2D eigenvalue weighted by atomic mass is 9.94. The largest absolute Gasteiger partial charge is 0.490 e. The molecule has 176 valence electrons. The second-order valence-electron chi connectivity index (χ2n) is 9.34. The lowest BCUT2D eigenvalue weighted by Crippen LogP contribution is -2.46. The molecule has 3 atom stereocenters. The molecular formula is C27H29FN4O2. The molecule has 4 N–H and O–H groups in total. The van der Waals surface area contributed by atoms with Gasteiger partial charge in [0.15, 0.2) is 0 Å². The van der Waals surface area contributed by atoms with Crippen molar-refractivity contribution < 1.29 is 13.9 Å². The fraction of sp³-hybridized carbons (Fsp3) is 0.333. The molecule has 3 heterocycles. The number of nitrogens with two attached hydrogens (primary N) is 1. The minimum Gasteiger partial charge on any atom is -0.490 e. The maximum atomic E-state index is 14.8. The summed E-state index contributed by atoms with van der Waals surface area (Å²) in [5.41, 5.74) is 10.2. The van der Waals surface area contributed by atoms with Gasteiger partial charge in [0.25, 0.3) is 5.91 Å². The van der Waals surface area contributed by atoms with Crippen LogP contribution in [0.5, 0.6) is 5.75 Å². The number of benzene rings is 2. The van der Waals surface area contributed by atoms with Crippen molar-refractivity contribution in [3.63, 3.8) is 0 Å². The Bertz CT molecular complexity index is 1220. The number of nitrogen functional groups attached to an aromatic ring is 1. The highest BCUT2D eigenvalue weighted by Crippen LogP contribution is 2.34. The maximum Gasteiger partial charge on any atom is 0.251 e. The molecule has 2 aromatic carbocycles. The van der Waals surface area contributed by atoms with Crippen LogP contribution in [0.2, 0.25) is 0 Å². The molecule has 1 amide bonds. The molecule has 0 saturated carbocycles. The summed E-state index contributed by atoms with van der Waals surface area (Å²) in [4.78, 5) is 16.0. The van der Waals surface area contributed by atoms with Crippen molar-refractivity contribution in [3.8, 4) is 28.0 Å². The van der Waals surface area contributed by atoms with Crippen LogP contribution >= 0.6 is 0 Å². The third-order valence-electron chi connectivity index (χ3n) is 6.62. The first kappa shape index (κ1) is 22.3. The Morgan fingerprint density at radius 3 is 2.41 bits per heavy atom. The minimum absolute atomic E-state index is 0.0746. The van der Waals surface area contributed by atoms with E-state index >= 15 is 0 Å². The van der Waals surface area contributed by atoms with Crippen LogP contribution in [0.1, 0.15) is 42.6 Å². The predicted octanol–water partition coefficient (Wildman–Crippen LogP) is 4.33. The van der Waals surface area contributed by atoms with E-state index < -0.39 is 5.95 Å². The number of carbonyl (C=O) groups is 1. The quantitative estimate of drug-likeness (QED) is 0.505. The summed E-state index contributed by atoms with van der Waals surface area (Å²) in [5.74, 6) is 0.199. The van der Waals surface area contributed by atoms with Gasteiger partial charge in [-0.3, -0.25) is 4.79 Å². The van der Waals surface area contributed by atoms with Crippen molar-refractivity contribution in [1.82, 2.24) is 15.6 Å². The van der Waals surface area contributed by atoms with Crippen LogP contribution in [0.15, 0.2) is 48.5 Å². The fourth-order valence-corrected chi connectivity index (χ4v) is 5.04. The number of aromatic nitrogens is 1. The molecule has 1 saturated heterocycles. The standard InChI is InChI=1S/C27H29FN4O2/c1-15-11-21(12-16(2)31-15)34-20-6-3-17(4-7-20)23-14-24(26(29)32-25(23)28)18-5-8-22-19(13-18)9-10-30-27(22)33/h3-8,13-16,21,31H,9-12H2,1-2H3,(H2,29,32)(H,30,33)/t15-,16+,21?. The molecule has 0 aliphatic carbocycles. The van der Waals surface area contributed by atoms with E-state index in [4.69, 9.17) is 10.5 Å². The van der Waals surface area contributed by atoms with Crippen LogP contribution in [-0.4, -0.2) is 35.6 Å². The number of nitrogens with one attached hydrogen (secondary N) is 2. The number of hydrogen-bond donors (Lipinski definition) is 3. The highest BCUT2D eigenvalue weighted by Gasteiger charge is 2.24. The van der Waals surface area contributed by atoms with Crippen LogP contribution in [0, 0.1) is 5.95 Å².